The molecule has 2 aliphatic heterocycles. The Balaban J connectivity index is 1.70. The smallest absolute Gasteiger partial charge is 0.320 e. The van der Waals surface area contributed by atoms with E-state index in [0.29, 0.717) is 13.2 Å². The number of rotatable bonds is 5. The number of ether oxygens (including phenoxy) is 2. The summed E-state index contributed by atoms with van der Waals surface area (Å²) in [5.41, 5.74) is 0.344. The number of esters is 1. The summed E-state index contributed by atoms with van der Waals surface area (Å²) >= 11 is 0. The molecule has 0 saturated carbocycles. The Hall–Kier alpha value is -2.08. The van der Waals surface area contributed by atoms with Gasteiger partial charge >= 0.3 is 5.97 Å². The Bertz CT molecular complexity index is 601. The molecule has 1 unspecified atom stereocenters. The topological polar surface area (TPSA) is 59.1 Å². The highest BCUT2D eigenvalue weighted by molar-refractivity contribution is 6.08. The molecule has 124 valence electrons. The molecule has 0 bridgehead atoms. The third kappa shape index (κ3) is 2.67. The number of likely N-dealkylation sites (tertiary alicyclic amines) is 1. The van der Waals surface area contributed by atoms with Crippen LogP contribution >= 0.6 is 0 Å². The summed E-state index contributed by atoms with van der Waals surface area (Å²) in [6.45, 7) is 3.73. The van der Waals surface area contributed by atoms with Gasteiger partial charge in [0.25, 0.3) is 0 Å². The molecule has 6 nitrogen and oxygen atoms in total. The first-order valence-electron chi connectivity index (χ1n) is 7.97. The Kier molecular flexibility index (Phi) is 4.26. The molecule has 0 aromatic heterocycles. The van der Waals surface area contributed by atoms with Crippen LogP contribution in [0, 0.1) is 0 Å². The van der Waals surface area contributed by atoms with Crippen molar-refractivity contribution in [2.45, 2.75) is 25.3 Å². The summed E-state index contributed by atoms with van der Waals surface area (Å²) in [5, 5.41) is 0. The van der Waals surface area contributed by atoms with Crippen LogP contribution in [0.5, 0.6) is 5.75 Å². The minimum Gasteiger partial charge on any atom is -0.497 e. The van der Waals surface area contributed by atoms with E-state index in [1.165, 1.54) is 0 Å². The largest absolute Gasteiger partial charge is 0.497 e. The lowest BCUT2D eigenvalue weighted by molar-refractivity contribution is -0.148. The summed E-state index contributed by atoms with van der Waals surface area (Å²) < 4.78 is 10.2. The fraction of sp³-hybridized carbons (Fsp3) is 0.529. The van der Waals surface area contributed by atoms with Gasteiger partial charge in [-0.25, -0.2) is 0 Å². The number of hydrogen-bond donors (Lipinski definition) is 0. The summed E-state index contributed by atoms with van der Waals surface area (Å²) in [6.07, 6.45) is 1.74. The van der Waals surface area contributed by atoms with E-state index in [0.717, 1.165) is 30.8 Å². The van der Waals surface area contributed by atoms with E-state index in [1.54, 1.807) is 18.9 Å². The van der Waals surface area contributed by atoms with Crippen LogP contribution in [0.15, 0.2) is 24.3 Å². The maximum Gasteiger partial charge on any atom is 0.320 e. The van der Waals surface area contributed by atoms with Crippen LogP contribution in [0.2, 0.25) is 0 Å². The van der Waals surface area contributed by atoms with E-state index in [4.69, 9.17) is 9.47 Å². The molecule has 1 amide bonds. The van der Waals surface area contributed by atoms with Crippen LogP contribution in [0.3, 0.4) is 0 Å². The number of carbonyl (C=O) groups is 2. The first-order valence-corrected chi connectivity index (χ1v) is 7.97. The number of carbonyl (C=O) groups excluding carboxylic acids is 2. The highest BCUT2D eigenvalue weighted by Gasteiger charge is 2.58. The molecule has 2 aliphatic rings. The van der Waals surface area contributed by atoms with Gasteiger partial charge in [-0.15, -0.1) is 0 Å². The van der Waals surface area contributed by atoms with Crippen molar-refractivity contribution < 1.29 is 19.1 Å². The molecule has 23 heavy (non-hydrogen) atoms. The van der Waals surface area contributed by atoms with Crippen LogP contribution < -0.4 is 9.64 Å². The van der Waals surface area contributed by atoms with Gasteiger partial charge in [0.05, 0.1) is 26.8 Å². The van der Waals surface area contributed by atoms with Crippen molar-refractivity contribution in [3.63, 3.8) is 0 Å². The zero-order valence-electron chi connectivity index (χ0n) is 13.6. The van der Waals surface area contributed by atoms with Gasteiger partial charge in [-0.2, -0.15) is 0 Å². The van der Waals surface area contributed by atoms with Gasteiger partial charge < -0.3 is 14.4 Å². The van der Waals surface area contributed by atoms with Crippen LogP contribution in [0.4, 0.5) is 5.69 Å². The zero-order chi connectivity index (χ0) is 16.4. The lowest BCUT2D eigenvalue weighted by Gasteiger charge is -2.51. The number of β-lactam (4-membered cyclic amide) rings is 1. The number of benzene rings is 1. The highest BCUT2D eigenvalue weighted by Crippen LogP contribution is 2.41. The molecular formula is C17H22N2O4. The first-order chi connectivity index (χ1) is 11.1. The van der Waals surface area contributed by atoms with Crippen molar-refractivity contribution in [1.82, 2.24) is 4.90 Å². The fourth-order valence-electron chi connectivity index (χ4n) is 3.48. The molecule has 0 radical (unpaired) electrons. The highest BCUT2D eigenvalue weighted by atomic mass is 16.5. The van der Waals surface area contributed by atoms with E-state index in [2.05, 4.69) is 0 Å². The van der Waals surface area contributed by atoms with Crippen LogP contribution in [0.1, 0.15) is 19.8 Å². The SMILES string of the molecule is CCOC(=O)CN1CCCC12CN(c1ccc(OC)cc1)C2=O. The van der Waals surface area contributed by atoms with Gasteiger partial charge in [-0.05, 0) is 50.6 Å². The Morgan fingerprint density at radius 3 is 2.65 bits per heavy atom. The number of amides is 1. The van der Waals surface area contributed by atoms with E-state index >= 15 is 0 Å². The third-order valence-electron chi connectivity index (χ3n) is 4.70. The van der Waals surface area contributed by atoms with Crippen LogP contribution in [-0.4, -0.2) is 55.7 Å². The second-order valence-electron chi connectivity index (χ2n) is 5.95. The van der Waals surface area contributed by atoms with Crippen molar-refractivity contribution in [3.05, 3.63) is 24.3 Å². The Morgan fingerprint density at radius 2 is 2.04 bits per heavy atom. The minimum absolute atomic E-state index is 0.0736. The van der Waals surface area contributed by atoms with Gasteiger partial charge in [-0.1, -0.05) is 0 Å². The first kappa shape index (κ1) is 15.8. The van der Waals surface area contributed by atoms with E-state index in [-0.39, 0.29) is 18.4 Å². The number of nitrogens with zero attached hydrogens (tertiary/aromatic N) is 2. The van der Waals surface area contributed by atoms with Crippen molar-refractivity contribution in [2.24, 2.45) is 0 Å². The summed E-state index contributed by atoms with van der Waals surface area (Å²) in [6, 6.07) is 7.46. The second kappa shape index (κ2) is 6.20. The number of hydrogen-bond acceptors (Lipinski definition) is 5. The molecule has 6 heteroatoms. The molecule has 2 fully saturated rings. The summed E-state index contributed by atoms with van der Waals surface area (Å²) in [7, 11) is 1.62. The van der Waals surface area contributed by atoms with Gasteiger partial charge in [0.15, 0.2) is 0 Å². The Morgan fingerprint density at radius 1 is 1.30 bits per heavy atom. The average Bonchev–Trinajstić information content (AvgIpc) is 2.98. The van der Waals surface area contributed by atoms with Crippen molar-refractivity contribution >= 4 is 17.6 Å². The molecule has 1 spiro atoms. The van der Waals surface area contributed by atoms with Crippen molar-refractivity contribution in [2.75, 3.05) is 38.3 Å². The third-order valence-corrected chi connectivity index (χ3v) is 4.70. The maximum atomic E-state index is 12.8. The summed E-state index contributed by atoms with van der Waals surface area (Å²) in [4.78, 5) is 28.3. The lowest BCUT2D eigenvalue weighted by atomic mass is 9.85. The molecule has 1 atom stereocenters. The van der Waals surface area contributed by atoms with Crippen molar-refractivity contribution in [3.8, 4) is 5.75 Å². The predicted octanol–water partition coefficient (Wildman–Crippen LogP) is 1.44. The van der Waals surface area contributed by atoms with Crippen LogP contribution in [0.25, 0.3) is 0 Å². The van der Waals surface area contributed by atoms with Crippen LogP contribution in [-0.2, 0) is 14.3 Å². The van der Waals surface area contributed by atoms with E-state index in [1.807, 2.05) is 29.2 Å². The minimum atomic E-state index is -0.521. The molecule has 1 aromatic rings. The predicted molar refractivity (Wildman–Crippen MR) is 85.5 cm³/mol. The van der Waals surface area contributed by atoms with Gasteiger partial charge in [-0.3, -0.25) is 14.5 Å². The molecule has 2 saturated heterocycles. The average molecular weight is 318 g/mol. The molecule has 0 aliphatic carbocycles. The molecule has 0 N–H and O–H groups in total. The molecule has 2 heterocycles. The van der Waals surface area contributed by atoms with Gasteiger partial charge in [0, 0.05) is 5.69 Å². The normalized spacial score (nSPS) is 23.9. The van der Waals surface area contributed by atoms with E-state index in [9.17, 15) is 9.59 Å². The van der Waals surface area contributed by atoms with Gasteiger partial charge in [0.2, 0.25) is 5.91 Å². The quantitative estimate of drug-likeness (QED) is 0.607. The fourth-order valence-corrected chi connectivity index (χ4v) is 3.48. The second-order valence-corrected chi connectivity index (χ2v) is 5.95. The molecule has 1 aromatic carbocycles. The molecular weight excluding hydrogens is 296 g/mol. The summed E-state index contributed by atoms with van der Waals surface area (Å²) in [5.74, 6) is 0.579. The Labute approximate surface area is 136 Å². The number of anilines is 1. The van der Waals surface area contributed by atoms with Crippen molar-refractivity contribution in [1.29, 1.82) is 0 Å². The van der Waals surface area contributed by atoms with Gasteiger partial charge in [0.1, 0.15) is 11.3 Å². The zero-order valence-corrected chi connectivity index (χ0v) is 13.6. The van der Waals surface area contributed by atoms with E-state index < -0.39 is 5.54 Å². The monoisotopic (exact) mass is 318 g/mol. The lowest BCUT2D eigenvalue weighted by Crippen LogP contribution is -2.72. The standard InChI is InChI=1S/C17H22N2O4/c1-3-23-15(20)11-18-10-4-9-17(18)12-19(16(17)21)13-5-7-14(22-2)8-6-13/h5-8H,3-4,9-12H2,1-2H3. The molecule has 3 rings (SSSR count). The number of methoxy groups -OCH3 is 1. The maximum absolute atomic E-state index is 12.8.